The summed E-state index contributed by atoms with van der Waals surface area (Å²) in [7, 11) is 3.88. The molecule has 1 aliphatic heterocycles. The number of nitrogens with zero attached hydrogens (tertiary/aromatic N) is 1. The fourth-order valence-corrected chi connectivity index (χ4v) is 3.21. The van der Waals surface area contributed by atoms with E-state index in [0.717, 1.165) is 19.5 Å². The number of benzene rings is 1. The van der Waals surface area contributed by atoms with Crippen LogP contribution in [-0.4, -0.2) is 33.4 Å². The number of ether oxygens (including phenoxy) is 1. The fraction of sp³-hybridized carbons (Fsp3) is 0.647. The molecule has 20 heavy (non-hydrogen) atoms. The molecule has 1 heterocycles. The highest BCUT2D eigenvalue weighted by atomic mass is 16.5. The van der Waals surface area contributed by atoms with E-state index in [9.17, 15) is 0 Å². The monoisotopic (exact) mass is 276 g/mol. The Labute approximate surface area is 123 Å². The molecular weight excluding hydrogens is 248 g/mol. The van der Waals surface area contributed by atoms with Gasteiger partial charge in [0, 0.05) is 31.9 Å². The number of para-hydroxylation sites is 1. The Hall–Kier alpha value is -1.06. The zero-order valence-corrected chi connectivity index (χ0v) is 13.2. The second-order valence-electron chi connectivity index (χ2n) is 5.79. The minimum Gasteiger partial charge on any atom is -0.379 e. The van der Waals surface area contributed by atoms with Gasteiger partial charge in [0.25, 0.3) is 0 Å². The van der Waals surface area contributed by atoms with Gasteiger partial charge < -0.3 is 15.0 Å². The van der Waals surface area contributed by atoms with Crippen LogP contribution in [0.25, 0.3) is 0 Å². The first-order valence-electron chi connectivity index (χ1n) is 7.75. The van der Waals surface area contributed by atoms with Crippen molar-refractivity contribution < 1.29 is 4.74 Å². The van der Waals surface area contributed by atoms with E-state index in [1.54, 1.807) is 0 Å². The van der Waals surface area contributed by atoms with Crippen molar-refractivity contribution in [2.24, 2.45) is 5.92 Å². The number of anilines is 1. The van der Waals surface area contributed by atoms with Crippen LogP contribution in [0.2, 0.25) is 0 Å². The Kier molecular flexibility index (Phi) is 5.44. The second-order valence-corrected chi connectivity index (χ2v) is 5.79. The minimum atomic E-state index is 0.339. The van der Waals surface area contributed by atoms with Gasteiger partial charge in [-0.05, 0) is 37.4 Å². The Morgan fingerprint density at radius 1 is 1.40 bits per heavy atom. The molecule has 3 atom stereocenters. The van der Waals surface area contributed by atoms with Crippen molar-refractivity contribution in [3.8, 4) is 0 Å². The predicted octanol–water partition coefficient (Wildman–Crippen LogP) is 3.22. The van der Waals surface area contributed by atoms with Crippen molar-refractivity contribution in [1.82, 2.24) is 5.32 Å². The highest BCUT2D eigenvalue weighted by Gasteiger charge is 2.27. The van der Waals surface area contributed by atoms with Crippen LogP contribution >= 0.6 is 0 Å². The number of rotatable bonds is 5. The van der Waals surface area contributed by atoms with E-state index >= 15 is 0 Å². The number of methoxy groups -OCH3 is 1. The normalized spacial score (nSPS) is 24.7. The molecule has 0 aromatic heterocycles. The van der Waals surface area contributed by atoms with Gasteiger partial charge in [-0.2, -0.15) is 0 Å². The molecular formula is C17H28N2O. The quantitative estimate of drug-likeness (QED) is 0.893. The molecule has 1 fully saturated rings. The average Bonchev–Trinajstić information content (AvgIpc) is 2.50. The summed E-state index contributed by atoms with van der Waals surface area (Å²) in [6.07, 6.45) is 2.64. The summed E-state index contributed by atoms with van der Waals surface area (Å²) in [5.74, 6) is 0.648. The molecule has 1 N–H and O–H groups in total. The first kappa shape index (κ1) is 15.3. The van der Waals surface area contributed by atoms with Crippen molar-refractivity contribution >= 4 is 5.69 Å². The van der Waals surface area contributed by atoms with E-state index in [-0.39, 0.29) is 0 Å². The molecule has 3 nitrogen and oxygen atoms in total. The number of hydrogen-bond donors (Lipinski definition) is 1. The molecule has 0 amide bonds. The summed E-state index contributed by atoms with van der Waals surface area (Å²) >= 11 is 0. The predicted molar refractivity (Wildman–Crippen MR) is 85.3 cm³/mol. The molecule has 0 saturated carbocycles. The van der Waals surface area contributed by atoms with Crippen LogP contribution in [-0.2, 0) is 4.74 Å². The van der Waals surface area contributed by atoms with Crippen LogP contribution < -0.4 is 10.2 Å². The molecule has 3 unspecified atom stereocenters. The maximum Gasteiger partial charge on any atom is 0.0772 e. The smallest absolute Gasteiger partial charge is 0.0772 e. The van der Waals surface area contributed by atoms with Crippen LogP contribution in [0.4, 0.5) is 5.69 Å². The molecule has 1 aliphatic rings. The maximum absolute atomic E-state index is 5.65. The highest BCUT2D eigenvalue weighted by molar-refractivity contribution is 5.55. The second kappa shape index (κ2) is 7.09. The van der Waals surface area contributed by atoms with E-state index in [1.165, 1.54) is 17.7 Å². The summed E-state index contributed by atoms with van der Waals surface area (Å²) in [6.45, 7) is 6.64. The summed E-state index contributed by atoms with van der Waals surface area (Å²) in [5, 5.41) is 3.42. The Balaban J connectivity index is 2.24. The zero-order valence-electron chi connectivity index (χ0n) is 13.2. The Morgan fingerprint density at radius 3 is 2.80 bits per heavy atom. The zero-order chi connectivity index (χ0) is 14.5. The SMILES string of the molecule is CCC(NC)c1ccccc1N1CCC(C)C(OC)C1. The molecule has 112 valence electrons. The Bertz CT molecular complexity index is 417. The van der Waals surface area contributed by atoms with E-state index < -0.39 is 0 Å². The average molecular weight is 276 g/mol. The largest absolute Gasteiger partial charge is 0.379 e. The lowest BCUT2D eigenvalue weighted by atomic mass is 9.93. The number of piperidine rings is 1. The standard InChI is InChI=1S/C17H28N2O/c1-5-15(18-3)14-8-6-7-9-16(14)19-11-10-13(2)17(12-19)20-4/h6-9,13,15,17-18H,5,10-12H2,1-4H3. The lowest BCUT2D eigenvalue weighted by Gasteiger charge is -2.39. The van der Waals surface area contributed by atoms with E-state index in [4.69, 9.17) is 4.74 Å². The third-order valence-electron chi connectivity index (χ3n) is 4.60. The summed E-state index contributed by atoms with van der Waals surface area (Å²) in [6, 6.07) is 9.20. The first-order chi connectivity index (χ1) is 9.71. The lowest BCUT2D eigenvalue weighted by molar-refractivity contribution is 0.0498. The van der Waals surface area contributed by atoms with Gasteiger partial charge in [0.05, 0.1) is 6.10 Å². The van der Waals surface area contributed by atoms with Gasteiger partial charge in [-0.3, -0.25) is 0 Å². The minimum absolute atomic E-state index is 0.339. The fourth-order valence-electron chi connectivity index (χ4n) is 3.21. The molecule has 3 heteroatoms. The summed E-state index contributed by atoms with van der Waals surface area (Å²) in [4.78, 5) is 2.49. The molecule has 0 aliphatic carbocycles. The number of hydrogen-bond acceptors (Lipinski definition) is 3. The van der Waals surface area contributed by atoms with Gasteiger partial charge in [0.15, 0.2) is 0 Å². The molecule has 0 spiro atoms. The van der Waals surface area contributed by atoms with Gasteiger partial charge in [0.1, 0.15) is 0 Å². The van der Waals surface area contributed by atoms with Gasteiger partial charge in [0.2, 0.25) is 0 Å². The van der Waals surface area contributed by atoms with Gasteiger partial charge in [-0.15, -0.1) is 0 Å². The molecule has 2 rings (SSSR count). The third kappa shape index (κ3) is 3.15. The lowest BCUT2D eigenvalue weighted by Crippen LogP contribution is -2.44. The molecule has 1 aromatic carbocycles. The van der Waals surface area contributed by atoms with E-state index in [0.29, 0.717) is 18.1 Å². The summed E-state index contributed by atoms with van der Waals surface area (Å²) in [5.41, 5.74) is 2.77. The maximum atomic E-state index is 5.65. The van der Waals surface area contributed by atoms with Crippen molar-refractivity contribution in [1.29, 1.82) is 0 Å². The Morgan fingerprint density at radius 2 is 2.15 bits per heavy atom. The van der Waals surface area contributed by atoms with Crippen molar-refractivity contribution in [2.75, 3.05) is 32.1 Å². The van der Waals surface area contributed by atoms with Crippen LogP contribution in [0.5, 0.6) is 0 Å². The van der Waals surface area contributed by atoms with Crippen LogP contribution in [0, 0.1) is 5.92 Å². The molecule has 0 radical (unpaired) electrons. The molecule has 1 saturated heterocycles. The first-order valence-corrected chi connectivity index (χ1v) is 7.75. The topological polar surface area (TPSA) is 24.5 Å². The van der Waals surface area contributed by atoms with Gasteiger partial charge in [-0.25, -0.2) is 0 Å². The number of nitrogens with one attached hydrogen (secondary N) is 1. The molecule has 1 aromatic rings. The summed E-state index contributed by atoms with van der Waals surface area (Å²) < 4.78 is 5.65. The van der Waals surface area contributed by atoms with Crippen LogP contribution in [0.15, 0.2) is 24.3 Å². The van der Waals surface area contributed by atoms with Crippen LogP contribution in [0.1, 0.15) is 38.3 Å². The van der Waals surface area contributed by atoms with Crippen molar-refractivity contribution in [3.05, 3.63) is 29.8 Å². The highest BCUT2D eigenvalue weighted by Crippen LogP contribution is 2.31. The third-order valence-corrected chi connectivity index (χ3v) is 4.60. The van der Waals surface area contributed by atoms with Crippen LogP contribution in [0.3, 0.4) is 0 Å². The van der Waals surface area contributed by atoms with Gasteiger partial charge >= 0.3 is 0 Å². The van der Waals surface area contributed by atoms with E-state index in [1.807, 2.05) is 14.2 Å². The van der Waals surface area contributed by atoms with Gasteiger partial charge in [-0.1, -0.05) is 32.0 Å². The van der Waals surface area contributed by atoms with E-state index in [2.05, 4.69) is 48.3 Å². The van der Waals surface area contributed by atoms with Crippen molar-refractivity contribution in [2.45, 2.75) is 38.8 Å². The van der Waals surface area contributed by atoms with Crippen molar-refractivity contribution in [3.63, 3.8) is 0 Å². The molecule has 0 bridgehead atoms.